The Kier molecular flexibility index (Phi) is 3.82. The van der Waals surface area contributed by atoms with Gasteiger partial charge in [0.25, 0.3) is 0 Å². The van der Waals surface area contributed by atoms with E-state index in [4.69, 9.17) is 5.26 Å². The van der Waals surface area contributed by atoms with Crippen molar-refractivity contribution in [1.82, 2.24) is 0 Å². The number of anilines is 2. The van der Waals surface area contributed by atoms with Crippen LogP contribution >= 0.6 is 0 Å². The molecular formula is C16H15FN2. The number of nitriles is 1. The second-order valence-corrected chi connectivity index (χ2v) is 4.67. The summed E-state index contributed by atoms with van der Waals surface area (Å²) in [7, 11) is 0. The predicted molar refractivity (Wildman–Crippen MR) is 74.9 cm³/mol. The molecule has 0 spiro atoms. The molecule has 0 bridgehead atoms. The zero-order valence-corrected chi connectivity index (χ0v) is 10.9. The van der Waals surface area contributed by atoms with E-state index >= 15 is 0 Å². The van der Waals surface area contributed by atoms with Gasteiger partial charge in [-0.25, -0.2) is 4.39 Å². The lowest BCUT2D eigenvalue weighted by atomic mass is 10.0. The number of nitrogens with zero attached hydrogens (tertiary/aromatic N) is 1. The molecule has 0 aliphatic rings. The molecule has 96 valence electrons. The Hall–Kier alpha value is -2.34. The first-order chi connectivity index (χ1) is 9.11. The Balaban J connectivity index is 2.34. The van der Waals surface area contributed by atoms with E-state index in [1.165, 1.54) is 6.07 Å². The molecule has 0 aliphatic heterocycles. The minimum Gasteiger partial charge on any atom is -0.353 e. The van der Waals surface area contributed by atoms with E-state index in [1.54, 1.807) is 12.1 Å². The van der Waals surface area contributed by atoms with Crippen molar-refractivity contribution in [2.75, 3.05) is 5.32 Å². The molecule has 2 rings (SSSR count). The third kappa shape index (κ3) is 2.92. The van der Waals surface area contributed by atoms with Crippen LogP contribution in [-0.4, -0.2) is 0 Å². The van der Waals surface area contributed by atoms with Crippen LogP contribution in [0.1, 0.15) is 30.9 Å². The molecule has 19 heavy (non-hydrogen) atoms. The molecule has 0 saturated heterocycles. The third-order valence-electron chi connectivity index (χ3n) is 2.95. The van der Waals surface area contributed by atoms with Crippen LogP contribution in [0.25, 0.3) is 0 Å². The smallest absolute Gasteiger partial charge is 0.147 e. The van der Waals surface area contributed by atoms with Crippen LogP contribution in [0.3, 0.4) is 0 Å². The maximum absolute atomic E-state index is 13.8. The SMILES string of the molecule is CC(C)c1ccccc1Nc1ccc(C#N)cc1F. The minimum absolute atomic E-state index is 0.320. The van der Waals surface area contributed by atoms with Gasteiger partial charge < -0.3 is 5.32 Å². The Bertz CT molecular complexity index is 627. The van der Waals surface area contributed by atoms with Gasteiger partial charge in [0.05, 0.1) is 17.3 Å². The summed E-state index contributed by atoms with van der Waals surface area (Å²) in [5.41, 5.74) is 2.72. The maximum atomic E-state index is 13.8. The van der Waals surface area contributed by atoms with E-state index in [1.807, 2.05) is 30.3 Å². The van der Waals surface area contributed by atoms with Gasteiger partial charge in [0.2, 0.25) is 0 Å². The first-order valence-corrected chi connectivity index (χ1v) is 6.17. The Morgan fingerprint density at radius 3 is 2.47 bits per heavy atom. The lowest BCUT2D eigenvalue weighted by molar-refractivity contribution is 0.631. The lowest BCUT2D eigenvalue weighted by Crippen LogP contribution is -1.99. The molecule has 3 heteroatoms. The quantitative estimate of drug-likeness (QED) is 0.871. The van der Waals surface area contributed by atoms with E-state index in [0.717, 1.165) is 11.3 Å². The molecule has 0 unspecified atom stereocenters. The highest BCUT2D eigenvalue weighted by atomic mass is 19.1. The molecule has 0 amide bonds. The molecule has 0 heterocycles. The van der Waals surface area contributed by atoms with Gasteiger partial charge >= 0.3 is 0 Å². The first kappa shape index (κ1) is 13.1. The minimum atomic E-state index is -0.419. The summed E-state index contributed by atoms with van der Waals surface area (Å²) in [6.45, 7) is 4.19. The van der Waals surface area contributed by atoms with Gasteiger partial charge in [-0.2, -0.15) is 5.26 Å². The number of nitrogens with one attached hydrogen (secondary N) is 1. The van der Waals surface area contributed by atoms with Gasteiger partial charge in [0.15, 0.2) is 0 Å². The molecule has 0 fully saturated rings. The number of halogens is 1. The number of benzene rings is 2. The van der Waals surface area contributed by atoms with E-state index in [0.29, 0.717) is 17.2 Å². The topological polar surface area (TPSA) is 35.8 Å². The Morgan fingerprint density at radius 1 is 1.11 bits per heavy atom. The summed E-state index contributed by atoms with van der Waals surface area (Å²) in [4.78, 5) is 0. The average molecular weight is 254 g/mol. The Morgan fingerprint density at radius 2 is 1.84 bits per heavy atom. The fraction of sp³-hybridized carbons (Fsp3) is 0.188. The maximum Gasteiger partial charge on any atom is 0.147 e. The van der Waals surface area contributed by atoms with Crippen molar-refractivity contribution in [2.24, 2.45) is 0 Å². The summed E-state index contributed by atoms with van der Waals surface area (Å²) < 4.78 is 13.8. The van der Waals surface area contributed by atoms with E-state index in [2.05, 4.69) is 19.2 Å². The summed E-state index contributed by atoms with van der Waals surface area (Å²) >= 11 is 0. The van der Waals surface area contributed by atoms with Crippen molar-refractivity contribution in [1.29, 1.82) is 5.26 Å². The molecule has 0 radical (unpaired) electrons. The van der Waals surface area contributed by atoms with Crippen LogP contribution in [0.15, 0.2) is 42.5 Å². The van der Waals surface area contributed by atoms with Crippen molar-refractivity contribution in [3.63, 3.8) is 0 Å². The molecule has 2 aromatic carbocycles. The van der Waals surface area contributed by atoms with Crippen molar-refractivity contribution in [3.05, 3.63) is 59.4 Å². The third-order valence-corrected chi connectivity index (χ3v) is 2.95. The fourth-order valence-corrected chi connectivity index (χ4v) is 1.95. The number of rotatable bonds is 3. The van der Waals surface area contributed by atoms with Crippen LogP contribution in [-0.2, 0) is 0 Å². The van der Waals surface area contributed by atoms with Crippen LogP contribution in [0, 0.1) is 17.1 Å². The van der Waals surface area contributed by atoms with Crippen LogP contribution in [0.2, 0.25) is 0 Å². The fourth-order valence-electron chi connectivity index (χ4n) is 1.95. The lowest BCUT2D eigenvalue weighted by Gasteiger charge is -2.15. The van der Waals surface area contributed by atoms with Gasteiger partial charge in [0.1, 0.15) is 5.82 Å². The number of hydrogen-bond donors (Lipinski definition) is 1. The zero-order chi connectivity index (χ0) is 13.8. The predicted octanol–water partition coefficient (Wildman–Crippen LogP) is 4.56. The van der Waals surface area contributed by atoms with E-state index < -0.39 is 5.82 Å². The normalized spacial score (nSPS) is 10.3. The van der Waals surface area contributed by atoms with Gasteiger partial charge in [-0.1, -0.05) is 32.0 Å². The molecule has 0 atom stereocenters. The molecule has 0 saturated carbocycles. The zero-order valence-electron chi connectivity index (χ0n) is 10.9. The second-order valence-electron chi connectivity index (χ2n) is 4.67. The largest absolute Gasteiger partial charge is 0.353 e. The van der Waals surface area contributed by atoms with Crippen LogP contribution in [0.5, 0.6) is 0 Å². The standard InChI is InChI=1S/C16H15FN2/c1-11(2)13-5-3-4-6-15(13)19-16-8-7-12(10-18)9-14(16)17/h3-9,11,19H,1-2H3. The molecule has 0 aromatic heterocycles. The van der Waals surface area contributed by atoms with Crippen molar-refractivity contribution >= 4 is 11.4 Å². The first-order valence-electron chi connectivity index (χ1n) is 6.17. The highest BCUT2D eigenvalue weighted by Gasteiger charge is 2.08. The van der Waals surface area contributed by atoms with Gasteiger partial charge in [0, 0.05) is 5.69 Å². The second kappa shape index (κ2) is 5.53. The number of hydrogen-bond acceptors (Lipinski definition) is 2. The molecule has 2 nitrogen and oxygen atoms in total. The molecule has 1 N–H and O–H groups in total. The highest BCUT2D eigenvalue weighted by molar-refractivity contribution is 5.65. The van der Waals surface area contributed by atoms with E-state index in [9.17, 15) is 4.39 Å². The Labute approximate surface area is 112 Å². The summed E-state index contributed by atoms with van der Waals surface area (Å²) in [5.74, 6) is -0.0669. The number of para-hydroxylation sites is 1. The van der Waals surface area contributed by atoms with Gasteiger partial charge in [-0.15, -0.1) is 0 Å². The van der Waals surface area contributed by atoms with Crippen LogP contribution in [0.4, 0.5) is 15.8 Å². The summed E-state index contributed by atoms with van der Waals surface area (Å²) in [5, 5.41) is 11.8. The van der Waals surface area contributed by atoms with Crippen LogP contribution < -0.4 is 5.32 Å². The van der Waals surface area contributed by atoms with Gasteiger partial charge in [-0.3, -0.25) is 0 Å². The summed E-state index contributed by atoms with van der Waals surface area (Å²) in [6.07, 6.45) is 0. The highest BCUT2D eigenvalue weighted by Crippen LogP contribution is 2.28. The molecular weight excluding hydrogens is 239 g/mol. The summed E-state index contributed by atoms with van der Waals surface area (Å²) in [6, 6.07) is 14.2. The monoisotopic (exact) mass is 254 g/mol. The van der Waals surface area contributed by atoms with Gasteiger partial charge in [-0.05, 0) is 35.7 Å². The molecule has 0 aliphatic carbocycles. The van der Waals surface area contributed by atoms with E-state index in [-0.39, 0.29) is 0 Å². The van der Waals surface area contributed by atoms with Crippen molar-refractivity contribution < 1.29 is 4.39 Å². The van der Waals surface area contributed by atoms with Crippen molar-refractivity contribution in [3.8, 4) is 6.07 Å². The van der Waals surface area contributed by atoms with Crippen molar-refractivity contribution in [2.45, 2.75) is 19.8 Å². The average Bonchev–Trinajstić information content (AvgIpc) is 2.41. The molecule has 2 aromatic rings.